The fourth-order valence-corrected chi connectivity index (χ4v) is 3.87. The molecule has 23 heavy (non-hydrogen) atoms. The molecule has 0 radical (unpaired) electrons. The van der Waals surface area contributed by atoms with Gasteiger partial charge in [0.25, 0.3) is 0 Å². The number of hydrogen-bond donors (Lipinski definition) is 4. The van der Waals surface area contributed by atoms with Crippen LogP contribution >= 0.6 is 23.2 Å². The summed E-state index contributed by atoms with van der Waals surface area (Å²) in [5.41, 5.74) is -1.10. The van der Waals surface area contributed by atoms with E-state index in [0.29, 0.717) is 0 Å². The van der Waals surface area contributed by atoms with Gasteiger partial charge < -0.3 is 10.4 Å². The quantitative estimate of drug-likeness (QED) is 0.575. The monoisotopic (exact) mass is 380 g/mol. The first-order chi connectivity index (χ1) is 10.6. The van der Waals surface area contributed by atoms with Crippen LogP contribution in [0.4, 0.5) is 11.4 Å². The summed E-state index contributed by atoms with van der Waals surface area (Å²) in [7, 11) is -4.40. The van der Waals surface area contributed by atoms with Crippen molar-refractivity contribution in [2.75, 3.05) is 0 Å². The zero-order chi connectivity index (χ0) is 17.4. The average Bonchev–Trinajstić information content (AvgIpc) is 2.46. The van der Waals surface area contributed by atoms with E-state index in [1.165, 1.54) is 12.1 Å². The van der Waals surface area contributed by atoms with Crippen LogP contribution in [0, 0.1) is 10.4 Å². The minimum atomic E-state index is -4.40. The van der Waals surface area contributed by atoms with Crippen LogP contribution < -0.4 is 10.5 Å². The molecule has 0 fully saturated rings. The van der Waals surface area contributed by atoms with E-state index in [1.54, 1.807) is 0 Å². The lowest BCUT2D eigenvalue weighted by Gasteiger charge is -2.19. The first kappa shape index (κ1) is 18.1. The molecule has 11 heteroatoms. The molecular formula is C12H10Cl2N2O6S. The summed E-state index contributed by atoms with van der Waals surface area (Å²) in [5.74, 6) is 0. The fourth-order valence-electron chi connectivity index (χ4n) is 1.93. The van der Waals surface area contributed by atoms with E-state index in [1.807, 2.05) is 0 Å². The van der Waals surface area contributed by atoms with Crippen LogP contribution in [0.2, 0.25) is 10.0 Å². The van der Waals surface area contributed by atoms with E-state index >= 15 is 0 Å². The molecule has 0 saturated heterocycles. The molecule has 2 rings (SSSR count). The first-order valence-corrected chi connectivity index (χ1v) is 8.19. The van der Waals surface area contributed by atoms with Crippen LogP contribution in [0.25, 0.3) is 0 Å². The number of sulfone groups is 1. The molecule has 0 saturated carbocycles. The molecule has 2 aromatic rings. The molecule has 124 valence electrons. The van der Waals surface area contributed by atoms with Gasteiger partial charge in [-0.2, -0.15) is 10.5 Å². The third-order valence-electron chi connectivity index (χ3n) is 2.92. The van der Waals surface area contributed by atoms with Crippen LogP contribution in [-0.2, 0) is 9.84 Å². The lowest BCUT2D eigenvalue weighted by Crippen LogP contribution is -2.99. The highest BCUT2D eigenvalue weighted by Gasteiger charge is 2.30. The van der Waals surface area contributed by atoms with Crippen LogP contribution in [0.3, 0.4) is 0 Å². The predicted octanol–water partition coefficient (Wildman–Crippen LogP) is 0.633. The van der Waals surface area contributed by atoms with Gasteiger partial charge in [-0.3, -0.25) is 0 Å². The van der Waals surface area contributed by atoms with Gasteiger partial charge in [-0.05, 0) is 24.3 Å². The van der Waals surface area contributed by atoms with Gasteiger partial charge in [0.2, 0.25) is 9.84 Å². The minimum absolute atomic E-state index is 0.0379. The highest BCUT2D eigenvalue weighted by molar-refractivity contribution is 7.91. The van der Waals surface area contributed by atoms with Crippen LogP contribution in [0.5, 0.6) is 0 Å². The third-order valence-corrected chi connectivity index (χ3v) is 5.26. The van der Waals surface area contributed by atoms with Crippen molar-refractivity contribution in [3.63, 3.8) is 0 Å². The number of benzene rings is 2. The second-order valence-electron chi connectivity index (χ2n) is 4.39. The second-order valence-corrected chi connectivity index (χ2v) is 7.15. The van der Waals surface area contributed by atoms with Crippen LogP contribution in [0.15, 0.2) is 46.2 Å². The molecule has 2 aromatic carbocycles. The van der Waals surface area contributed by atoms with Gasteiger partial charge >= 0.3 is 0 Å². The summed E-state index contributed by atoms with van der Waals surface area (Å²) in [4.78, 5) is -1.11. The summed E-state index contributed by atoms with van der Waals surface area (Å²) >= 11 is 11.4. The topological polar surface area (TPSA) is 130 Å². The van der Waals surface area contributed by atoms with Crippen molar-refractivity contribution in [2.24, 2.45) is 0 Å². The Hall–Kier alpha value is -1.27. The van der Waals surface area contributed by atoms with E-state index < -0.39 is 41.5 Å². The summed E-state index contributed by atoms with van der Waals surface area (Å²) in [6, 6.07) is 6.40. The Morgan fingerprint density at radius 2 is 1.17 bits per heavy atom. The van der Waals surface area contributed by atoms with Crippen molar-refractivity contribution in [3.05, 3.63) is 56.9 Å². The SMILES string of the molecule is O=S(=O)(c1ccc(Cl)cc1[NH+]([O-])O)c1ccc(Cl)cc1[NH+]([O-])O. The van der Waals surface area contributed by atoms with E-state index in [9.17, 15) is 18.8 Å². The molecule has 4 N–H and O–H groups in total. The molecule has 0 aliphatic heterocycles. The van der Waals surface area contributed by atoms with E-state index in [-0.39, 0.29) is 10.0 Å². The Morgan fingerprint density at radius 1 is 0.826 bits per heavy atom. The van der Waals surface area contributed by atoms with Gasteiger partial charge in [0.1, 0.15) is 9.79 Å². The Kier molecular flexibility index (Phi) is 5.26. The smallest absolute Gasteiger partial charge is 0.218 e. The number of nitrogens with one attached hydrogen (secondary N) is 2. The molecule has 0 heterocycles. The highest BCUT2D eigenvalue weighted by Crippen LogP contribution is 2.32. The molecule has 0 aliphatic carbocycles. The molecule has 0 aliphatic rings. The number of hydrogen-bond acceptors (Lipinski definition) is 6. The maximum absolute atomic E-state index is 12.7. The predicted molar refractivity (Wildman–Crippen MR) is 79.9 cm³/mol. The summed E-state index contributed by atoms with van der Waals surface area (Å²) in [5, 5.41) is 37.9. The van der Waals surface area contributed by atoms with Crippen molar-refractivity contribution in [1.82, 2.24) is 0 Å². The summed E-state index contributed by atoms with van der Waals surface area (Å²) < 4.78 is 25.4. The standard InChI is InChI=1S/C12H10Cl2N2O6S/c13-7-1-3-11(9(5-7)15(17)18)23(21,22)12-4-2-8(14)6-10(12)16(19)20/h1-6,15-17,19H. The maximum atomic E-state index is 12.7. The van der Waals surface area contributed by atoms with Crippen molar-refractivity contribution in [1.29, 1.82) is 0 Å². The molecule has 0 aromatic heterocycles. The molecule has 8 nitrogen and oxygen atoms in total. The molecule has 2 unspecified atom stereocenters. The van der Waals surface area contributed by atoms with Gasteiger partial charge in [0.15, 0.2) is 11.4 Å². The van der Waals surface area contributed by atoms with E-state index in [0.717, 1.165) is 24.3 Å². The van der Waals surface area contributed by atoms with Gasteiger partial charge in [0.05, 0.1) is 0 Å². The van der Waals surface area contributed by atoms with Crippen molar-refractivity contribution >= 4 is 44.4 Å². The first-order valence-electron chi connectivity index (χ1n) is 5.95. The van der Waals surface area contributed by atoms with Gasteiger partial charge in [-0.25, -0.2) is 18.8 Å². The molecule has 2 atom stereocenters. The summed E-state index contributed by atoms with van der Waals surface area (Å²) in [6.45, 7) is 0. The van der Waals surface area contributed by atoms with Gasteiger partial charge in [-0.15, -0.1) is 0 Å². The van der Waals surface area contributed by atoms with Crippen molar-refractivity contribution in [3.8, 4) is 0 Å². The fraction of sp³-hybridized carbons (Fsp3) is 0. The highest BCUT2D eigenvalue weighted by atomic mass is 35.5. The Morgan fingerprint density at radius 3 is 1.48 bits per heavy atom. The zero-order valence-corrected chi connectivity index (χ0v) is 13.5. The number of quaternary nitrogens is 2. The lowest BCUT2D eigenvalue weighted by atomic mass is 10.3. The second kappa shape index (κ2) is 6.69. The minimum Gasteiger partial charge on any atom is -0.595 e. The molecule has 0 bridgehead atoms. The average molecular weight is 381 g/mol. The third kappa shape index (κ3) is 3.63. The van der Waals surface area contributed by atoms with E-state index in [2.05, 4.69) is 0 Å². The summed E-state index contributed by atoms with van der Waals surface area (Å²) in [6.07, 6.45) is 0. The number of halogens is 2. The Balaban J connectivity index is 2.74. The van der Waals surface area contributed by atoms with Gasteiger partial charge in [-0.1, -0.05) is 23.2 Å². The van der Waals surface area contributed by atoms with Crippen LogP contribution in [-0.4, -0.2) is 18.8 Å². The normalized spacial score (nSPS) is 14.5. The zero-order valence-electron chi connectivity index (χ0n) is 11.2. The largest absolute Gasteiger partial charge is 0.595 e. The molecule has 0 amide bonds. The lowest BCUT2D eigenvalue weighted by molar-refractivity contribution is -0.992. The van der Waals surface area contributed by atoms with Crippen LogP contribution in [0.1, 0.15) is 0 Å². The van der Waals surface area contributed by atoms with Gasteiger partial charge in [0, 0.05) is 22.2 Å². The van der Waals surface area contributed by atoms with Crippen molar-refractivity contribution in [2.45, 2.75) is 9.79 Å². The Bertz CT molecular complexity index is 778. The molecular weight excluding hydrogens is 371 g/mol. The van der Waals surface area contributed by atoms with E-state index in [4.69, 9.17) is 33.6 Å². The van der Waals surface area contributed by atoms with Crippen molar-refractivity contribution < 1.29 is 29.3 Å². The molecule has 0 spiro atoms. The number of rotatable bonds is 4. The maximum Gasteiger partial charge on any atom is 0.218 e. The Labute approximate surface area is 140 Å².